The highest BCUT2D eigenvalue weighted by atomic mass is 32.2. The lowest BCUT2D eigenvalue weighted by molar-refractivity contribution is 0.234. The second kappa shape index (κ2) is 7.73. The first kappa shape index (κ1) is 16.2. The van der Waals surface area contributed by atoms with Crippen molar-refractivity contribution in [2.45, 2.75) is 46.2 Å². The summed E-state index contributed by atoms with van der Waals surface area (Å²) in [5.74, 6) is 2.61. The third-order valence-electron chi connectivity index (χ3n) is 3.69. The smallest absolute Gasteiger partial charge is 0.315 e. The van der Waals surface area contributed by atoms with Crippen molar-refractivity contribution in [2.24, 2.45) is 5.92 Å². The summed E-state index contributed by atoms with van der Waals surface area (Å²) in [6.07, 6.45) is 2.30. The summed E-state index contributed by atoms with van der Waals surface area (Å²) in [7, 11) is 0. The predicted octanol–water partition coefficient (Wildman–Crippen LogP) is 2.33. The Morgan fingerprint density at radius 3 is 3.00 bits per heavy atom. The molecule has 0 spiro atoms. The van der Waals surface area contributed by atoms with Gasteiger partial charge >= 0.3 is 6.03 Å². The molecule has 118 valence electrons. The molecule has 2 amide bonds. The van der Waals surface area contributed by atoms with Crippen LogP contribution in [0.1, 0.15) is 31.2 Å². The van der Waals surface area contributed by atoms with Crippen LogP contribution in [-0.2, 0) is 6.54 Å². The molecule has 0 aliphatic carbocycles. The molecule has 0 saturated carbocycles. The monoisotopic (exact) mass is 310 g/mol. The maximum atomic E-state index is 11.9. The van der Waals surface area contributed by atoms with Crippen LogP contribution in [0.3, 0.4) is 0 Å². The summed E-state index contributed by atoms with van der Waals surface area (Å²) in [4.78, 5) is 11.9. The van der Waals surface area contributed by atoms with Crippen molar-refractivity contribution in [3.63, 3.8) is 0 Å². The molecular formula is C15H26N4OS. The normalized spacial score (nSPS) is 20.0. The highest BCUT2D eigenvalue weighted by Crippen LogP contribution is 2.16. The van der Waals surface area contributed by atoms with E-state index < -0.39 is 0 Å². The first-order valence-corrected chi connectivity index (χ1v) is 8.83. The zero-order chi connectivity index (χ0) is 15.2. The number of urea groups is 1. The Labute approximate surface area is 131 Å². The summed E-state index contributed by atoms with van der Waals surface area (Å²) in [5.41, 5.74) is 2.21. The number of aromatic nitrogens is 2. The van der Waals surface area contributed by atoms with E-state index in [1.807, 2.05) is 23.4 Å². The van der Waals surface area contributed by atoms with Crippen molar-refractivity contribution in [2.75, 3.05) is 18.1 Å². The van der Waals surface area contributed by atoms with Gasteiger partial charge in [0.1, 0.15) is 0 Å². The third-order valence-corrected chi connectivity index (χ3v) is 4.91. The van der Waals surface area contributed by atoms with E-state index in [-0.39, 0.29) is 6.03 Å². The molecule has 1 saturated heterocycles. The maximum absolute atomic E-state index is 11.9. The molecule has 1 fully saturated rings. The van der Waals surface area contributed by atoms with Crippen LogP contribution < -0.4 is 10.6 Å². The van der Waals surface area contributed by atoms with Gasteiger partial charge in [0.15, 0.2) is 0 Å². The van der Waals surface area contributed by atoms with E-state index in [0.29, 0.717) is 18.5 Å². The van der Waals surface area contributed by atoms with Crippen LogP contribution in [0.15, 0.2) is 6.07 Å². The molecule has 0 aromatic carbocycles. The van der Waals surface area contributed by atoms with Gasteiger partial charge in [-0.2, -0.15) is 16.9 Å². The fourth-order valence-corrected chi connectivity index (χ4v) is 3.65. The second-order valence-electron chi connectivity index (χ2n) is 5.98. The average molecular weight is 310 g/mol. The molecule has 5 nitrogen and oxygen atoms in total. The van der Waals surface area contributed by atoms with E-state index >= 15 is 0 Å². The number of hydrogen-bond donors (Lipinski definition) is 2. The number of hydrogen-bond acceptors (Lipinski definition) is 3. The largest absolute Gasteiger partial charge is 0.338 e. The van der Waals surface area contributed by atoms with Crippen LogP contribution in [-0.4, -0.2) is 39.9 Å². The van der Waals surface area contributed by atoms with Crippen LogP contribution in [0, 0.1) is 19.8 Å². The molecule has 1 aliphatic heterocycles. The van der Waals surface area contributed by atoms with Crippen LogP contribution in [0.2, 0.25) is 0 Å². The van der Waals surface area contributed by atoms with E-state index in [2.05, 4.69) is 35.6 Å². The van der Waals surface area contributed by atoms with Crippen LogP contribution in [0.5, 0.6) is 0 Å². The molecule has 21 heavy (non-hydrogen) atoms. The molecule has 0 unspecified atom stereocenters. The Morgan fingerprint density at radius 2 is 2.38 bits per heavy atom. The Morgan fingerprint density at radius 1 is 1.57 bits per heavy atom. The van der Waals surface area contributed by atoms with E-state index in [1.54, 1.807) is 0 Å². The summed E-state index contributed by atoms with van der Waals surface area (Å²) >= 11 is 1.92. The fourth-order valence-electron chi connectivity index (χ4n) is 2.58. The molecule has 1 aliphatic rings. The molecule has 2 heterocycles. The van der Waals surface area contributed by atoms with Gasteiger partial charge in [0.2, 0.25) is 0 Å². The van der Waals surface area contributed by atoms with Gasteiger partial charge in [-0.05, 0) is 44.4 Å². The van der Waals surface area contributed by atoms with Crippen LogP contribution >= 0.6 is 11.8 Å². The molecule has 0 bridgehead atoms. The van der Waals surface area contributed by atoms with Gasteiger partial charge in [-0.1, -0.05) is 6.92 Å². The minimum absolute atomic E-state index is 0.0392. The van der Waals surface area contributed by atoms with E-state index in [1.165, 1.54) is 17.9 Å². The number of carbonyl (C=O) groups excluding carboxylic acids is 1. The molecule has 1 aromatic rings. The number of rotatable bonds is 5. The lowest BCUT2D eigenvalue weighted by Gasteiger charge is -2.23. The highest BCUT2D eigenvalue weighted by molar-refractivity contribution is 7.99. The van der Waals surface area contributed by atoms with Gasteiger partial charge in [0.05, 0.1) is 5.69 Å². The molecule has 1 aromatic heterocycles. The summed E-state index contributed by atoms with van der Waals surface area (Å²) < 4.78 is 2.01. The molecule has 0 radical (unpaired) electrons. The number of amides is 2. The van der Waals surface area contributed by atoms with E-state index in [9.17, 15) is 4.79 Å². The van der Waals surface area contributed by atoms with E-state index in [4.69, 9.17) is 0 Å². The Kier molecular flexibility index (Phi) is 5.96. The van der Waals surface area contributed by atoms with E-state index in [0.717, 1.165) is 24.4 Å². The van der Waals surface area contributed by atoms with Gasteiger partial charge < -0.3 is 10.6 Å². The van der Waals surface area contributed by atoms with Gasteiger partial charge in [0.25, 0.3) is 0 Å². The topological polar surface area (TPSA) is 59.0 Å². The maximum Gasteiger partial charge on any atom is 0.315 e. The lowest BCUT2D eigenvalue weighted by atomic mass is 10.2. The van der Waals surface area contributed by atoms with Crippen molar-refractivity contribution >= 4 is 17.8 Å². The number of thioether (sulfide) groups is 1. The first-order chi connectivity index (χ1) is 10.0. The van der Waals surface area contributed by atoms with Crippen molar-refractivity contribution in [3.8, 4) is 0 Å². The average Bonchev–Trinajstić information content (AvgIpc) is 2.76. The predicted molar refractivity (Wildman–Crippen MR) is 87.7 cm³/mol. The number of aryl methyl sites for hydroxylation is 2. The molecule has 2 N–H and O–H groups in total. The van der Waals surface area contributed by atoms with Crippen molar-refractivity contribution < 1.29 is 4.79 Å². The van der Waals surface area contributed by atoms with Gasteiger partial charge in [0, 0.05) is 30.6 Å². The van der Waals surface area contributed by atoms with Gasteiger partial charge in [-0.15, -0.1) is 0 Å². The molecule has 6 heteroatoms. The van der Waals surface area contributed by atoms with Crippen LogP contribution in [0.25, 0.3) is 0 Å². The minimum Gasteiger partial charge on any atom is -0.338 e. The Bertz CT molecular complexity index is 468. The minimum atomic E-state index is -0.0392. The van der Waals surface area contributed by atoms with Crippen molar-refractivity contribution in [1.82, 2.24) is 20.4 Å². The summed E-state index contributed by atoms with van der Waals surface area (Å²) in [6.45, 7) is 7.70. The summed E-state index contributed by atoms with van der Waals surface area (Å²) in [5, 5.41) is 10.5. The van der Waals surface area contributed by atoms with Crippen LogP contribution in [0.4, 0.5) is 4.79 Å². The lowest BCUT2D eigenvalue weighted by Crippen LogP contribution is -2.45. The number of carbonyl (C=O) groups is 1. The zero-order valence-electron chi connectivity index (χ0n) is 13.2. The molecule has 2 rings (SSSR count). The zero-order valence-corrected chi connectivity index (χ0v) is 14.0. The van der Waals surface area contributed by atoms with Gasteiger partial charge in [-0.25, -0.2) is 4.79 Å². The fraction of sp³-hybridized carbons (Fsp3) is 0.733. The Hall–Kier alpha value is -1.17. The quantitative estimate of drug-likeness (QED) is 0.877. The third kappa shape index (κ3) is 5.26. The standard InChI is InChI=1S/C15H26N4OS/c1-11(9-19-13(3)7-12(2)18-19)8-16-15(20)17-14-5-4-6-21-10-14/h7,11,14H,4-6,8-10H2,1-3H3,(H2,16,17,20)/t11-,14-/m0/s1. The van der Waals surface area contributed by atoms with Crippen molar-refractivity contribution in [3.05, 3.63) is 17.5 Å². The highest BCUT2D eigenvalue weighted by Gasteiger charge is 2.16. The SMILES string of the molecule is Cc1cc(C)n(C[C@@H](C)CNC(=O)N[C@H]2CCCSC2)n1. The molecule has 2 atom stereocenters. The first-order valence-electron chi connectivity index (χ1n) is 7.67. The second-order valence-corrected chi connectivity index (χ2v) is 7.13. The van der Waals surface area contributed by atoms with Crippen molar-refractivity contribution in [1.29, 1.82) is 0 Å². The number of nitrogens with one attached hydrogen (secondary N) is 2. The van der Waals surface area contributed by atoms with Gasteiger partial charge in [-0.3, -0.25) is 4.68 Å². The molecular weight excluding hydrogens is 284 g/mol. The Balaban J connectivity index is 1.69. The summed E-state index contributed by atoms with van der Waals surface area (Å²) in [6, 6.07) is 2.37. The number of nitrogens with zero attached hydrogens (tertiary/aromatic N) is 2.